The highest BCUT2D eigenvalue weighted by molar-refractivity contribution is 8.00. The van der Waals surface area contributed by atoms with Gasteiger partial charge in [0.2, 0.25) is 0 Å². The Balaban J connectivity index is 2.38. The van der Waals surface area contributed by atoms with Crippen molar-refractivity contribution in [2.24, 2.45) is 0 Å². The molecule has 0 spiro atoms. The van der Waals surface area contributed by atoms with Crippen molar-refractivity contribution in [2.45, 2.75) is 37.4 Å². The van der Waals surface area contributed by atoms with Crippen LogP contribution in [0.25, 0.3) is 0 Å². The van der Waals surface area contributed by atoms with Crippen molar-refractivity contribution in [3.8, 4) is 6.07 Å². The first-order valence-corrected chi connectivity index (χ1v) is 7.58. The van der Waals surface area contributed by atoms with Gasteiger partial charge in [-0.1, -0.05) is 19.9 Å². The largest absolute Gasteiger partial charge is 0.389 e. The van der Waals surface area contributed by atoms with Gasteiger partial charge in [0.1, 0.15) is 0 Å². The third-order valence-corrected chi connectivity index (χ3v) is 4.60. The van der Waals surface area contributed by atoms with Gasteiger partial charge in [0.25, 0.3) is 0 Å². The van der Waals surface area contributed by atoms with Gasteiger partial charge in [-0.15, -0.1) is 0 Å². The van der Waals surface area contributed by atoms with Gasteiger partial charge < -0.3 is 10.0 Å². The number of aliphatic hydroxyl groups is 1. The first-order valence-electron chi connectivity index (χ1n) is 6.63. The number of rotatable bonds is 2. The van der Waals surface area contributed by atoms with Gasteiger partial charge in [-0.05, 0) is 19.1 Å². The normalized spacial score (nSPS) is 24.9. The summed E-state index contributed by atoms with van der Waals surface area (Å²) in [6.07, 6.45) is -0.511. The van der Waals surface area contributed by atoms with Crippen LogP contribution in [0.5, 0.6) is 0 Å². The van der Waals surface area contributed by atoms with Crippen molar-refractivity contribution in [3.05, 3.63) is 29.3 Å². The van der Waals surface area contributed by atoms with Crippen LogP contribution in [0.15, 0.2) is 18.2 Å². The van der Waals surface area contributed by atoms with Crippen molar-refractivity contribution in [2.75, 3.05) is 18.0 Å². The van der Waals surface area contributed by atoms with Crippen LogP contribution in [0.4, 0.5) is 5.69 Å². The number of nitriles is 1. The number of nitrogens with zero attached hydrogens (tertiary/aromatic N) is 2. The zero-order chi connectivity index (χ0) is 14.0. The average Bonchev–Trinajstić information content (AvgIpc) is 2.36. The number of benzene rings is 1. The molecule has 1 aromatic carbocycles. The maximum Gasteiger partial charge on any atom is 0.0992 e. The molecule has 1 fully saturated rings. The molecule has 1 saturated heterocycles. The maximum atomic E-state index is 9.92. The second kappa shape index (κ2) is 5.85. The standard InChI is InChI=1S/C15H20N2OS/c1-10-8-17(9-11(2)19-10)15-6-13(7-16)4-5-14(15)12(3)18/h4-6,10-12,18H,8-9H2,1-3H3. The molecule has 1 aliphatic rings. The Morgan fingerprint density at radius 3 is 2.53 bits per heavy atom. The van der Waals surface area contributed by atoms with Crippen LogP contribution in [0.2, 0.25) is 0 Å². The molecule has 0 bridgehead atoms. The van der Waals surface area contributed by atoms with Gasteiger partial charge in [0.15, 0.2) is 0 Å². The lowest BCUT2D eigenvalue weighted by Crippen LogP contribution is -2.41. The monoisotopic (exact) mass is 276 g/mol. The SMILES string of the molecule is CC1CN(c2cc(C#N)ccc2C(C)O)CC(C)S1. The van der Waals surface area contributed by atoms with Crippen molar-refractivity contribution >= 4 is 17.4 Å². The molecule has 1 aliphatic heterocycles. The van der Waals surface area contributed by atoms with E-state index in [2.05, 4.69) is 24.8 Å². The van der Waals surface area contributed by atoms with E-state index < -0.39 is 6.10 Å². The van der Waals surface area contributed by atoms with E-state index in [0.29, 0.717) is 16.1 Å². The molecule has 0 radical (unpaired) electrons. The van der Waals surface area contributed by atoms with Crippen LogP contribution in [0.1, 0.15) is 38.0 Å². The van der Waals surface area contributed by atoms with E-state index in [4.69, 9.17) is 5.26 Å². The van der Waals surface area contributed by atoms with Crippen LogP contribution in [0, 0.1) is 11.3 Å². The van der Waals surface area contributed by atoms with Gasteiger partial charge >= 0.3 is 0 Å². The third-order valence-electron chi connectivity index (χ3n) is 3.37. The Morgan fingerprint density at radius 2 is 2.00 bits per heavy atom. The van der Waals surface area contributed by atoms with Gasteiger partial charge in [-0.2, -0.15) is 17.0 Å². The number of hydrogen-bond donors (Lipinski definition) is 1. The molecule has 0 amide bonds. The quantitative estimate of drug-likeness (QED) is 0.902. The summed E-state index contributed by atoms with van der Waals surface area (Å²) in [5.74, 6) is 0. The summed E-state index contributed by atoms with van der Waals surface area (Å²) in [5, 5.41) is 20.1. The van der Waals surface area contributed by atoms with Crippen LogP contribution in [-0.2, 0) is 0 Å². The Morgan fingerprint density at radius 1 is 1.37 bits per heavy atom. The topological polar surface area (TPSA) is 47.3 Å². The van der Waals surface area contributed by atoms with Gasteiger partial charge in [-0.25, -0.2) is 0 Å². The molecule has 0 aromatic heterocycles. The molecule has 3 atom stereocenters. The zero-order valence-electron chi connectivity index (χ0n) is 11.6. The average molecular weight is 276 g/mol. The highest BCUT2D eigenvalue weighted by Gasteiger charge is 2.25. The van der Waals surface area contributed by atoms with Crippen molar-refractivity contribution in [1.82, 2.24) is 0 Å². The third kappa shape index (κ3) is 3.23. The fraction of sp³-hybridized carbons (Fsp3) is 0.533. The smallest absolute Gasteiger partial charge is 0.0992 e. The molecular formula is C15H20N2OS. The first kappa shape index (κ1) is 14.2. The lowest BCUT2D eigenvalue weighted by atomic mass is 10.0. The van der Waals surface area contributed by atoms with E-state index in [1.54, 1.807) is 13.0 Å². The maximum absolute atomic E-state index is 9.92. The van der Waals surface area contributed by atoms with E-state index >= 15 is 0 Å². The molecule has 0 aliphatic carbocycles. The molecule has 102 valence electrons. The Bertz CT molecular complexity index is 485. The number of anilines is 1. The highest BCUT2D eigenvalue weighted by atomic mass is 32.2. The van der Waals surface area contributed by atoms with Crippen molar-refractivity contribution < 1.29 is 5.11 Å². The van der Waals surface area contributed by atoms with Gasteiger partial charge in [0, 0.05) is 34.8 Å². The van der Waals surface area contributed by atoms with Gasteiger partial charge in [-0.3, -0.25) is 0 Å². The fourth-order valence-electron chi connectivity index (χ4n) is 2.61. The highest BCUT2D eigenvalue weighted by Crippen LogP contribution is 2.33. The fourth-order valence-corrected chi connectivity index (χ4v) is 3.94. The van der Waals surface area contributed by atoms with Crippen LogP contribution in [-0.4, -0.2) is 28.7 Å². The molecular weight excluding hydrogens is 256 g/mol. The van der Waals surface area contributed by atoms with E-state index in [1.807, 2.05) is 23.9 Å². The Hall–Kier alpha value is -1.18. The van der Waals surface area contributed by atoms with E-state index in [1.165, 1.54) is 0 Å². The van der Waals surface area contributed by atoms with Crippen molar-refractivity contribution in [1.29, 1.82) is 5.26 Å². The first-order chi connectivity index (χ1) is 9.01. The second-order valence-electron chi connectivity index (χ2n) is 5.22. The van der Waals surface area contributed by atoms with E-state index in [9.17, 15) is 5.11 Å². The zero-order valence-corrected chi connectivity index (χ0v) is 12.4. The molecule has 0 saturated carbocycles. The van der Waals surface area contributed by atoms with Crippen LogP contribution >= 0.6 is 11.8 Å². The summed E-state index contributed by atoms with van der Waals surface area (Å²) in [6.45, 7) is 8.15. The number of thioether (sulfide) groups is 1. The summed E-state index contributed by atoms with van der Waals surface area (Å²) in [5.41, 5.74) is 2.57. The predicted molar refractivity (Wildman–Crippen MR) is 80.5 cm³/mol. The molecule has 19 heavy (non-hydrogen) atoms. The summed E-state index contributed by atoms with van der Waals surface area (Å²) in [4.78, 5) is 2.30. The van der Waals surface area contributed by atoms with Crippen LogP contribution < -0.4 is 4.90 Å². The summed E-state index contributed by atoms with van der Waals surface area (Å²) < 4.78 is 0. The predicted octanol–water partition coefficient (Wildman–Crippen LogP) is 2.94. The molecule has 3 nitrogen and oxygen atoms in total. The van der Waals surface area contributed by atoms with E-state index in [0.717, 1.165) is 24.3 Å². The van der Waals surface area contributed by atoms with Crippen molar-refractivity contribution in [3.63, 3.8) is 0 Å². The Kier molecular flexibility index (Phi) is 4.38. The molecule has 1 N–H and O–H groups in total. The molecule has 3 unspecified atom stereocenters. The molecule has 1 aromatic rings. The minimum atomic E-state index is -0.511. The minimum absolute atomic E-state index is 0.511. The summed E-state index contributed by atoms with van der Waals surface area (Å²) in [7, 11) is 0. The summed E-state index contributed by atoms with van der Waals surface area (Å²) >= 11 is 1.99. The lowest BCUT2D eigenvalue weighted by molar-refractivity contribution is 0.199. The van der Waals surface area contributed by atoms with E-state index in [-0.39, 0.29) is 0 Å². The Labute approximate surface area is 119 Å². The minimum Gasteiger partial charge on any atom is -0.389 e. The number of aliphatic hydroxyl groups excluding tert-OH is 1. The molecule has 4 heteroatoms. The number of hydrogen-bond acceptors (Lipinski definition) is 4. The lowest BCUT2D eigenvalue weighted by Gasteiger charge is -2.37. The summed E-state index contributed by atoms with van der Waals surface area (Å²) in [6, 6.07) is 7.73. The molecule has 2 rings (SSSR count). The molecule has 1 heterocycles. The van der Waals surface area contributed by atoms with Crippen LogP contribution in [0.3, 0.4) is 0 Å². The van der Waals surface area contributed by atoms with Gasteiger partial charge in [0.05, 0.1) is 17.7 Å². The second-order valence-corrected chi connectivity index (χ2v) is 7.11.